The highest BCUT2D eigenvalue weighted by Crippen LogP contribution is 2.27. The van der Waals surface area contributed by atoms with Crippen molar-refractivity contribution in [2.75, 3.05) is 5.32 Å². The van der Waals surface area contributed by atoms with Gasteiger partial charge < -0.3 is 5.32 Å². The lowest BCUT2D eigenvalue weighted by Crippen LogP contribution is -2.35. The molecular weight excluding hydrogens is 417 g/mol. The average Bonchev–Trinajstić information content (AvgIpc) is 2.42. The Morgan fingerprint density at radius 1 is 1.09 bits per heavy atom. The van der Waals surface area contributed by atoms with Crippen LogP contribution in [0.2, 0.25) is 10.0 Å². The van der Waals surface area contributed by atoms with Gasteiger partial charge in [0.2, 0.25) is 0 Å². The molecule has 0 saturated carbocycles. The van der Waals surface area contributed by atoms with Crippen LogP contribution in [-0.4, -0.2) is 11.9 Å². The quantitative estimate of drug-likeness (QED) is 0.714. The second-order valence-corrected chi connectivity index (χ2v) is 5.92. The molecule has 23 heavy (non-hydrogen) atoms. The largest absolute Gasteiger partial charge is 0.326 e. The van der Waals surface area contributed by atoms with Crippen molar-refractivity contribution in [1.29, 1.82) is 0 Å². The van der Waals surface area contributed by atoms with E-state index in [0.717, 1.165) is 6.07 Å². The Morgan fingerprint density at radius 2 is 1.70 bits per heavy atom. The zero-order valence-corrected chi connectivity index (χ0v) is 14.2. The lowest BCUT2D eigenvalue weighted by Gasteiger charge is -2.11. The summed E-state index contributed by atoms with van der Waals surface area (Å²) in [5, 5.41) is 4.16. The molecule has 2 aromatic carbocycles. The predicted molar refractivity (Wildman–Crippen MR) is 87.0 cm³/mol. The summed E-state index contributed by atoms with van der Waals surface area (Å²) in [5.74, 6) is -2.69. The zero-order valence-electron chi connectivity index (χ0n) is 11.1. The summed E-state index contributed by atoms with van der Waals surface area (Å²) < 4.78 is 26.6. The van der Waals surface area contributed by atoms with Gasteiger partial charge in [0, 0.05) is 10.5 Å². The summed E-state index contributed by atoms with van der Waals surface area (Å²) >= 11 is 14.6. The van der Waals surface area contributed by atoms with E-state index in [1.54, 1.807) is 0 Å². The Morgan fingerprint density at radius 3 is 2.26 bits per heavy atom. The molecule has 0 aliphatic heterocycles. The molecule has 2 rings (SSSR count). The van der Waals surface area contributed by atoms with Gasteiger partial charge in [-0.2, -0.15) is 0 Å². The number of hydrogen-bond acceptors (Lipinski definition) is 2. The van der Waals surface area contributed by atoms with Crippen molar-refractivity contribution in [3.63, 3.8) is 0 Å². The fraction of sp³-hybridized carbons (Fsp3) is 0. The first-order chi connectivity index (χ1) is 10.8. The van der Waals surface area contributed by atoms with Gasteiger partial charge in [-0.05, 0) is 34.1 Å². The van der Waals surface area contributed by atoms with Crippen LogP contribution < -0.4 is 10.6 Å². The summed E-state index contributed by atoms with van der Waals surface area (Å²) in [6.07, 6.45) is 0. The van der Waals surface area contributed by atoms with Crippen LogP contribution in [0.5, 0.6) is 0 Å². The molecule has 0 aliphatic rings. The number of imide groups is 1. The van der Waals surface area contributed by atoms with Gasteiger partial charge in [0.25, 0.3) is 5.91 Å². The van der Waals surface area contributed by atoms with Crippen molar-refractivity contribution in [2.24, 2.45) is 0 Å². The van der Waals surface area contributed by atoms with Crippen LogP contribution in [-0.2, 0) is 0 Å². The average molecular weight is 424 g/mol. The fourth-order valence-corrected chi connectivity index (χ4v) is 2.76. The first-order valence-electron chi connectivity index (χ1n) is 6.00. The third-order valence-corrected chi connectivity index (χ3v) is 3.92. The van der Waals surface area contributed by atoms with Crippen molar-refractivity contribution in [2.45, 2.75) is 0 Å². The van der Waals surface area contributed by atoms with E-state index in [2.05, 4.69) is 21.2 Å². The highest BCUT2D eigenvalue weighted by Gasteiger charge is 2.19. The van der Waals surface area contributed by atoms with Crippen LogP contribution in [0.4, 0.5) is 19.3 Å². The molecule has 2 N–H and O–H groups in total. The number of urea groups is 1. The molecular formula is C14H7BrCl2F2N2O2. The van der Waals surface area contributed by atoms with E-state index in [1.165, 1.54) is 18.2 Å². The molecule has 0 unspecified atom stereocenters. The van der Waals surface area contributed by atoms with Gasteiger partial charge in [-0.3, -0.25) is 10.1 Å². The number of anilines is 1. The summed E-state index contributed by atoms with van der Waals surface area (Å²) in [6, 6.07) is 4.91. The van der Waals surface area contributed by atoms with Crippen LogP contribution in [0.15, 0.2) is 34.8 Å². The lowest BCUT2D eigenvalue weighted by molar-refractivity contribution is 0.0967. The third kappa shape index (κ3) is 4.19. The highest BCUT2D eigenvalue weighted by molar-refractivity contribution is 9.10. The monoisotopic (exact) mass is 422 g/mol. The molecule has 0 atom stereocenters. The maximum Gasteiger partial charge on any atom is 0.326 e. The van der Waals surface area contributed by atoms with E-state index < -0.39 is 23.6 Å². The molecule has 0 aromatic heterocycles. The zero-order chi connectivity index (χ0) is 17.1. The smallest absolute Gasteiger partial charge is 0.304 e. The number of hydrogen-bond donors (Lipinski definition) is 2. The molecule has 0 fully saturated rings. The van der Waals surface area contributed by atoms with Crippen LogP contribution >= 0.6 is 39.1 Å². The maximum atomic E-state index is 13.6. The fourth-order valence-electron chi connectivity index (χ4n) is 1.69. The summed E-state index contributed by atoms with van der Waals surface area (Å²) in [6.45, 7) is 0. The number of nitrogens with one attached hydrogen (secondary N) is 2. The first-order valence-corrected chi connectivity index (χ1v) is 7.55. The molecule has 0 bridgehead atoms. The predicted octanol–water partition coefficient (Wildman–Crippen LogP) is 5.00. The van der Waals surface area contributed by atoms with Crippen molar-refractivity contribution in [3.05, 3.63) is 62.0 Å². The minimum Gasteiger partial charge on any atom is -0.304 e. The summed E-state index contributed by atoms with van der Waals surface area (Å²) in [7, 11) is 0. The van der Waals surface area contributed by atoms with E-state index in [9.17, 15) is 18.4 Å². The van der Waals surface area contributed by atoms with Crippen molar-refractivity contribution in [1.82, 2.24) is 5.32 Å². The number of halogens is 5. The Kier molecular flexibility index (Phi) is 5.56. The molecule has 0 spiro atoms. The minimum absolute atomic E-state index is 0.0200. The minimum atomic E-state index is -1.03. The molecule has 0 aliphatic carbocycles. The summed E-state index contributed by atoms with van der Waals surface area (Å²) in [5.41, 5.74) is -0.411. The van der Waals surface area contributed by atoms with Gasteiger partial charge in [-0.1, -0.05) is 29.3 Å². The number of carbonyl (C=O) groups is 2. The van der Waals surface area contributed by atoms with Crippen molar-refractivity contribution in [3.8, 4) is 0 Å². The molecule has 0 radical (unpaired) electrons. The Balaban J connectivity index is 2.16. The second kappa shape index (κ2) is 7.25. The van der Waals surface area contributed by atoms with Gasteiger partial charge >= 0.3 is 6.03 Å². The van der Waals surface area contributed by atoms with E-state index in [1.807, 2.05) is 5.32 Å². The number of carbonyl (C=O) groups excluding carboxylic acids is 2. The van der Waals surface area contributed by atoms with Crippen LogP contribution in [0, 0.1) is 11.6 Å². The normalized spacial score (nSPS) is 10.3. The van der Waals surface area contributed by atoms with Crippen LogP contribution in [0.1, 0.15) is 10.4 Å². The van der Waals surface area contributed by atoms with E-state index in [4.69, 9.17) is 23.2 Å². The van der Waals surface area contributed by atoms with Gasteiger partial charge in [-0.25, -0.2) is 13.6 Å². The van der Waals surface area contributed by atoms with E-state index in [-0.39, 0.29) is 25.8 Å². The van der Waals surface area contributed by atoms with Crippen LogP contribution in [0.3, 0.4) is 0 Å². The standard InChI is InChI=1S/C14H7BrCl2F2N2O2/c15-7-4-6(18)5-10(19)12(7)20-14(23)21-13(22)11-8(16)2-1-3-9(11)17/h1-5H,(H2,20,21,22,23). The van der Waals surface area contributed by atoms with Gasteiger partial charge in [0.05, 0.1) is 21.3 Å². The van der Waals surface area contributed by atoms with Gasteiger partial charge in [0.15, 0.2) is 5.82 Å². The second-order valence-electron chi connectivity index (χ2n) is 4.25. The molecule has 4 nitrogen and oxygen atoms in total. The molecule has 9 heteroatoms. The summed E-state index contributed by atoms with van der Waals surface area (Å²) in [4.78, 5) is 23.8. The lowest BCUT2D eigenvalue weighted by atomic mass is 10.2. The molecule has 120 valence electrons. The molecule has 2 aromatic rings. The number of amides is 3. The van der Waals surface area contributed by atoms with Gasteiger partial charge in [-0.15, -0.1) is 0 Å². The molecule has 0 heterocycles. The van der Waals surface area contributed by atoms with E-state index >= 15 is 0 Å². The van der Waals surface area contributed by atoms with Crippen LogP contribution in [0.25, 0.3) is 0 Å². The Labute approximate surface area is 147 Å². The van der Waals surface area contributed by atoms with Gasteiger partial charge in [0.1, 0.15) is 5.82 Å². The SMILES string of the molecule is O=C(NC(=O)c1c(Cl)cccc1Cl)Nc1c(F)cc(F)cc1Br. The maximum absolute atomic E-state index is 13.6. The molecule has 3 amide bonds. The number of benzene rings is 2. The Hall–Kier alpha value is -1.70. The van der Waals surface area contributed by atoms with Crippen molar-refractivity contribution < 1.29 is 18.4 Å². The Bertz CT molecular complexity index is 759. The van der Waals surface area contributed by atoms with Crippen molar-refractivity contribution >= 4 is 56.8 Å². The topological polar surface area (TPSA) is 58.2 Å². The highest BCUT2D eigenvalue weighted by atomic mass is 79.9. The molecule has 0 saturated heterocycles. The van der Waals surface area contributed by atoms with E-state index in [0.29, 0.717) is 6.07 Å². The first kappa shape index (κ1) is 17.7. The number of rotatable bonds is 2. The third-order valence-electron chi connectivity index (χ3n) is 2.66.